The Hall–Kier alpha value is -2.50. The van der Waals surface area contributed by atoms with Crippen molar-refractivity contribution in [2.24, 2.45) is 0 Å². The molecule has 6 heteroatoms. The molecule has 0 saturated carbocycles. The van der Waals surface area contributed by atoms with E-state index in [1.165, 1.54) is 0 Å². The molecular formula is C19H28N2O4. The first kappa shape index (κ1) is 20.5. The molecule has 0 saturated heterocycles. The fourth-order valence-electron chi connectivity index (χ4n) is 2.21. The van der Waals surface area contributed by atoms with E-state index in [4.69, 9.17) is 9.47 Å². The fourth-order valence-corrected chi connectivity index (χ4v) is 2.21. The number of esters is 1. The SMILES string of the molecule is CCOC(=O)CNC(=O)N(C/C=C/c1ccccc1OC)C(C)(C)C. The highest BCUT2D eigenvalue weighted by atomic mass is 16.5. The second-order valence-corrected chi connectivity index (χ2v) is 6.39. The summed E-state index contributed by atoms with van der Waals surface area (Å²) in [7, 11) is 1.62. The molecule has 0 aliphatic heterocycles. The van der Waals surface area contributed by atoms with Gasteiger partial charge in [0.25, 0.3) is 0 Å². The quantitative estimate of drug-likeness (QED) is 0.769. The number of methoxy groups -OCH3 is 1. The maximum absolute atomic E-state index is 12.4. The summed E-state index contributed by atoms with van der Waals surface area (Å²) in [5.41, 5.74) is 0.537. The van der Waals surface area contributed by atoms with E-state index >= 15 is 0 Å². The molecule has 0 bridgehead atoms. The van der Waals surface area contributed by atoms with Crippen LogP contribution in [0, 0.1) is 0 Å². The zero-order chi connectivity index (χ0) is 18.9. The minimum Gasteiger partial charge on any atom is -0.496 e. The molecule has 0 atom stereocenters. The molecule has 0 radical (unpaired) electrons. The lowest BCUT2D eigenvalue weighted by molar-refractivity contribution is -0.141. The van der Waals surface area contributed by atoms with Crippen molar-refractivity contribution in [1.82, 2.24) is 10.2 Å². The van der Waals surface area contributed by atoms with Gasteiger partial charge in [0.15, 0.2) is 0 Å². The summed E-state index contributed by atoms with van der Waals surface area (Å²) in [6.07, 6.45) is 3.81. The number of carbonyl (C=O) groups is 2. The molecule has 25 heavy (non-hydrogen) atoms. The number of hydrogen-bond acceptors (Lipinski definition) is 4. The highest BCUT2D eigenvalue weighted by Gasteiger charge is 2.25. The van der Waals surface area contributed by atoms with Crippen molar-refractivity contribution in [2.75, 3.05) is 26.8 Å². The molecule has 0 fully saturated rings. The second kappa shape index (κ2) is 9.71. The van der Waals surface area contributed by atoms with Gasteiger partial charge in [-0.15, -0.1) is 0 Å². The van der Waals surface area contributed by atoms with Gasteiger partial charge in [0.1, 0.15) is 12.3 Å². The van der Waals surface area contributed by atoms with Crippen LogP contribution >= 0.6 is 0 Å². The lowest BCUT2D eigenvalue weighted by atomic mass is 10.1. The van der Waals surface area contributed by atoms with Gasteiger partial charge in [-0.25, -0.2) is 4.79 Å². The molecule has 0 heterocycles. The van der Waals surface area contributed by atoms with Gasteiger partial charge in [0.05, 0.1) is 13.7 Å². The molecule has 0 aliphatic rings. The van der Waals surface area contributed by atoms with Gasteiger partial charge >= 0.3 is 12.0 Å². The number of amides is 2. The smallest absolute Gasteiger partial charge is 0.325 e. The third-order valence-corrected chi connectivity index (χ3v) is 3.47. The molecule has 0 spiro atoms. The fraction of sp³-hybridized carbons (Fsp3) is 0.474. The number of para-hydroxylation sites is 1. The van der Waals surface area contributed by atoms with Crippen molar-refractivity contribution < 1.29 is 19.1 Å². The standard InChI is InChI=1S/C19H28N2O4/c1-6-25-17(22)14-20-18(23)21(19(2,3)4)13-9-11-15-10-7-8-12-16(15)24-5/h7-12H,6,13-14H2,1-5H3,(H,20,23)/b11-9+. The van der Waals surface area contributed by atoms with Crippen LogP contribution < -0.4 is 10.1 Å². The minimum absolute atomic E-state index is 0.143. The van der Waals surface area contributed by atoms with Crippen LogP contribution in [-0.2, 0) is 9.53 Å². The van der Waals surface area contributed by atoms with E-state index in [9.17, 15) is 9.59 Å². The lowest BCUT2D eigenvalue weighted by Crippen LogP contribution is -2.51. The summed E-state index contributed by atoms with van der Waals surface area (Å²) in [5, 5.41) is 2.60. The molecule has 6 nitrogen and oxygen atoms in total. The molecule has 1 N–H and O–H groups in total. The first-order valence-corrected chi connectivity index (χ1v) is 8.30. The molecule has 0 unspecified atom stereocenters. The number of rotatable bonds is 7. The predicted octanol–water partition coefficient (Wildman–Crippen LogP) is 3.08. The van der Waals surface area contributed by atoms with Gasteiger partial charge in [-0.1, -0.05) is 30.4 Å². The van der Waals surface area contributed by atoms with Gasteiger partial charge < -0.3 is 19.7 Å². The number of hydrogen-bond donors (Lipinski definition) is 1. The maximum Gasteiger partial charge on any atom is 0.325 e. The van der Waals surface area contributed by atoms with Crippen LogP contribution in [0.2, 0.25) is 0 Å². The van der Waals surface area contributed by atoms with Gasteiger partial charge in [0.2, 0.25) is 0 Å². The van der Waals surface area contributed by atoms with E-state index in [0.29, 0.717) is 13.2 Å². The molecule has 0 aromatic heterocycles. The Balaban J connectivity index is 2.75. The minimum atomic E-state index is -0.450. The Morgan fingerprint density at radius 2 is 1.92 bits per heavy atom. The number of urea groups is 1. The predicted molar refractivity (Wildman–Crippen MR) is 98.5 cm³/mol. The average molecular weight is 348 g/mol. The lowest BCUT2D eigenvalue weighted by Gasteiger charge is -2.34. The number of benzene rings is 1. The van der Waals surface area contributed by atoms with Crippen molar-refractivity contribution in [3.05, 3.63) is 35.9 Å². The number of nitrogens with one attached hydrogen (secondary N) is 1. The van der Waals surface area contributed by atoms with Crippen molar-refractivity contribution in [1.29, 1.82) is 0 Å². The van der Waals surface area contributed by atoms with Crippen molar-refractivity contribution in [3.8, 4) is 5.75 Å². The van der Waals surface area contributed by atoms with Crippen molar-refractivity contribution >= 4 is 18.1 Å². The maximum atomic E-state index is 12.4. The van der Waals surface area contributed by atoms with Crippen LogP contribution in [-0.4, -0.2) is 49.2 Å². The largest absolute Gasteiger partial charge is 0.496 e. The number of ether oxygens (including phenoxy) is 2. The molecule has 2 amide bonds. The summed E-state index contributed by atoms with van der Waals surface area (Å²) < 4.78 is 10.1. The topological polar surface area (TPSA) is 67.9 Å². The Morgan fingerprint density at radius 3 is 2.52 bits per heavy atom. The summed E-state index contributed by atoms with van der Waals surface area (Å²) in [6, 6.07) is 7.34. The molecule has 1 rings (SSSR count). The van der Waals surface area contributed by atoms with Crippen LogP contribution in [0.4, 0.5) is 4.79 Å². The van der Waals surface area contributed by atoms with Gasteiger partial charge in [-0.2, -0.15) is 0 Å². The first-order chi connectivity index (χ1) is 11.8. The van der Waals surface area contributed by atoms with Crippen LogP contribution in [0.5, 0.6) is 5.75 Å². The third-order valence-electron chi connectivity index (χ3n) is 3.47. The second-order valence-electron chi connectivity index (χ2n) is 6.39. The molecule has 1 aromatic carbocycles. The molecule has 0 aliphatic carbocycles. The van der Waals surface area contributed by atoms with E-state index in [2.05, 4.69) is 5.32 Å². The van der Waals surface area contributed by atoms with E-state index in [-0.39, 0.29) is 12.6 Å². The highest BCUT2D eigenvalue weighted by Crippen LogP contribution is 2.19. The summed E-state index contributed by atoms with van der Waals surface area (Å²) in [6.45, 7) is 8.09. The number of carbonyl (C=O) groups excluding carboxylic acids is 2. The van der Waals surface area contributed by atoms with Crippen molar-refractivity contribution in [3.63, 3.8) is 0 Å². The zero-order valence-corrected chi connectivity index (χ0v) is 15.7. The summed E-state index contributed by atoms with van der Waals surface area (Å²) in [4.78, 5) is 25.5. The summed E-state index contributed by atoms with van der Waals surface area (Å²) in [5.74, 6) is 0.321. The Kier molecular flexibility index (Phi) is 7.98. The van der Waals surface area contributed by atoms with Gasteiger partial charge in [0, 0.05) is 17.6 Å². The van der Waals surface area contributed by atoms with E-state index in [1.54, 1.807) is 18.9 Å². The van der Waals surface area contributed by atoms with Crippen LogP contribution in [0.3, 0.4) is 0 Å². The van der Waals surface area contributed by atoms with E-state index < -0.39 is 11.5 Å². The van der Waals surface area contributed by atoms with Gasteiger partial charge in [-0.3, -0.25) is 4.79 Å². The molecular weight excluding hydrogens is 320 g/mol. The van der Waals surface area contributed by atoms with Crippen LogP contribution in [0.25, 0.3) is 6.08 Å². The average Bonchev–Trinajstić information content (AvgIpc) is 2.56. The Labute approximate surface area is 149 Å². The first-order valence-electron chi connectivity index (χ1n) is 8.30. The molecule has 138 valence electrons. The highest BCUT2D eigenvalue weighted by molar-refractivity contribution is 5.81. The van der Waals surface area contributed by atoms with Crippen LogP contribution in [0.15, 0.2) is 30.3 Å². The van der Waals surface area contributed by atoms with Crippen LogP contribution in [0.1, 0.15) is 33.3 Å². The molecule has 1 aromatic rings. The van der Waals surface area contributed by atoms with E-state index in [0.717, 1.165) is 11.3 Å². The normalized spacial score (nSPS) is 11.2. The monoisotopic (exact) mass is 348 g/mol. The van der Waals surface area contributed by atoms with Crippen molar-refractivity contribution in [2.45, 2.75) is 33.2 Å². The Bertz CT molecular complexity index is 606. The Morgan fingerprint density at radius 1 is 1.24 bits per heavy atom. The summed E-state index contributed by atoms with van der Waals surface area (Å²) >= 11 is 0. The number of nitrogens with zero attached hydrogens (tertiary/aromatic N) is 1. The van der Waals surface area contributed by atoms with E-state index in [1.807, 2.05) is 57.2 Å². The zero-order valence-electron chi connectivity index (χ0n) is 15.7. The third kappa shape index (κ3) is 6.87. The van der Waals surface area contributed by atoms with Gasteiger partial charge in [-0.05, 0) is 33.8 Å².